The molecule has 0 unspecified atom stereocenters. The summed E-state index contributed by atoms with van der Waals surface area (Å²) in [5.41, 5.74) is 4.11. The third kappa shape index (κ3) is 10.7. The zero-order chi connectivity index (χ0) is 50.6. The zero-order valence-electron chi connectivity index (χ0n) is 41.4. The molecule has 7 rings (SSSR count). The third-order valence-electron chi connectivity index (χ3n) is 13.9. The van der Waals surface area contributed by atoms with E-state index in [1.54, 1.807) is 21.9 Å². The maximum absolute atomic E-state index is 14.2. The Bertz CT molecular complexity index is 2590. The second-order valence-corrected chi connectivity index (χ2v) is 19.7. The van der Waals surface area contributed by atoms with Gasteiger partial charge in [0.15, 0.2) is 0 Å². The summed E-state index contributed by atoms with van der Waals surface area (Å²) in [6.45, 7) is 15.6. The molecule has 70 heavy (non-hydrogen) atoms. The highest BCUT2D eigenvalue weighted by molar-refractivity contribution is 6.34. The third-order valence-corrected chi connectivity index (χ3v) is 14.2. The van der Waals surface area contributed by atoms with Crippen LogP contribution in [0.1, 0.15) is 95.0 Å². The number of hydrogen-bond acceptors (Lipinski definition) is 11. The number of methoxy groups -OCH3 is 2. The first-order valence-corrected chi connectivity index (χ1v) is 24.3. The fourth-order valence-electron chi connectivity index (χ4n) is 9.87. The monoisotopic (exact) mass is 980 g/mol. The van der Waals surface area contributed by atoms with E-state index in [0.717, 1.165) is 40.8 Å². The van der Waals surface area contributed by atoms with Crippen LogP contribution in [0.4, 0.5) is 21.1 Å². The molecule has 374 valence electrons. The minimum absolute atomic E-state index is 0.104. The van der Waals surface area contributed by atoms with Crippen molar-refractivity contribution in [2.24, 2.45) is 11.8 Å². The molecule has 4 N–H and O–H groups in total. The van der Waals surface area contributed by atoms with Gasteiger partial charge in [-0.2, -0.15) is 0 Å². The Morgan fingerprint density at radius 3 is 2.11 bits per heavy atom. The van der Waals surface area contributed by atoms with E-state index >= 15 is 0 Å². The van der Waals surface area contributed by atoms with E-state index in [1.807, 2.05) is 96.0 Å². The molecule has 0 saturated carbocycles. The van der Waals surface area contributed by atoms with Gasteiger partial charge in [0.2, 0.25) is 17.7 Å². The number of ether oxygens (including phenoxy) is 2. The molecule has 5 atom stereocenters. The van der Waals surface area contributed by atoms with Gasteiger partial charge in [0.05, 0.1) is 42.2 Å². The number of nitrogens with one attached hydrogen (secondary N) is 4. The van der Waals surface area contributed by atoms with Crippen molar-refractivity contribution in [3.63, 3.8) is 0 Å². The number of benzene rings is 2. The summed E-state index contributed by atoms with van der Waals surface area (Å²) < 4.78 is 9.52. The number of hydrogen-bond donors (Lipinski definition) is 4. The minimum atomic E-state index is -1.05. The van der Waals surface area contributed by atoms with Crippen LogP contribution in [-0.4, -0.2) is 136 Å². The number of likely N-dealkylation sites (tertiary alicyclic amines) is 2. The van der Waals surface area contributed by atoms with Gasteiger partial charge in [-0.05, 0) is 99.2 Å². The number of alkyl carbamates (subject to hydrolysis) is 2. The normalized spacial score (nSPS) is 20.1. The van der Waals surface area contributed by atoms with E-state index in [4.69, 9.17) is 26.1 Å². The summed E-state index contributed by atoms with van der Waals surface area (Å²) >= 11 is 6.80. The molecule has 0 bridgehead atoms. The highest BCUT2D eigenvalue weighted by Crippen LogP contribution is 2.37. The Morgan fingerprint density at radius 2 is 1.50 bits per heavy atom. The number of carbonyl (C=O) groups excluding carboxylic acids is 6. The Balaban J connectivity index is 0.950. The number of aryl methyl sites for hydroxylation is 1. The Hall–Kier alpha value is -6.69. The number of anilines is 2. The van der Waals surface area contributed by atoms with Gasteiger partial charge in [-0.15, -0.1) is 0 Å². The molecule has 19 heteroatoms. The summed E-state index contributed by atoms with van der Waals surface area (Å²) in [4.78, 5) is 99.3. The number of aromatic amines is 1. The lowest BCUT2D eigenvalue weighted by Crippen LogP contribution is -2.64. The lowest BCUT2D eigenvalue weighted by molar-refractivity contribution is -0.152. The molecule has 3 saturated heterocycles. The highest BCUT2D eigenvalue weighted by atomic mass is 35.5. The van der Waals surface area contributed by atoms with Gasteiger partial charge in [0, 0.05) is 56.7 Å². The smallest absolute Gasteiger partial charge is 0.407 e. The molecule has 3 aliphatic rings. The average Bonchev–Trinajstić information content (AvgIpc) is 4.14. The van der Waals surface area contributed by atoms with Gasteiger partial charge in [0.1, 0.15) is 29.3 Å². The fourth-order valence-corrected chi connectivity index (χ4v) is 10.1. The molecule has 0 aliphatic carbocycles. The zero-order valence-corrected chi connectivity index (χ0v) is 42.2. The van der Waals surface area contributed by atoms with Crippen LogP contribution in [-0.2, 0) is 23.9 Å². The maximum atomic E-state index is 14.2. The summed E-state index contributed by atoms with van der Waals surface area (Å²) in [5.74, 6) is 0.0543. The van der Waals surface area contributed by atoms with Gasteiger partial charge in [-0.1, -0.05) is 63.6 Å². The second-order valence-electron chi connectivity index (χ2n) is 19.3. The van der Waals surface area contributed by atoms with Crippen LogP contribution >= 0.6 is 11.6 Å². The molecule has 0 radical (unpaired) electrons. The molecule has 3 aliphatic heterocycles. The number of H-pyrrole nitrogens is 1. The highest BCUT2D eigenvalue weighted by Gasteiger charge is 2.50. The van der Waals surface area contributed by atoms with Crippen molar-refractivity contribution in [3.05, 3.63) is 82.9 Å². The largest absolute Gasteiger partial charge is 0.453 e. The molecule has 5 heterocycles. The quantitative estimate of drug-likeness (QED) is 0.105. The van der Waals surface area contributed by atoms with Crippen LogP contribution in [0.2, 0.25) is 5.02 Å². The topological polar surface area (TPSA) is 211 Å². The van der Waals surface area contributed by atoms with Gasteiger partial charge in [0.25, 0.3) is 5.91 Å². The molecule has 6 amide bonds. The van der Waals surface area contributed by atoms with Crippen LogP contribution < -0.4 is 20.9 Å². The number of aromatic nitrogens is 3. The molecule has 3 fully saturated rings. The molecule has 2 aromatic carbocycles. The van der Waals surface area contributed by atoms with Crippen molar-refractivity contribution in [2.45, 2.75) is 104 Å². The van der Waals surface area contributed by atoms with E-state index in [9.17, 15) is 28.8 Å². The number of halogens is 1. The first kappa shape index (κ1) is 51.2. The summed E-state index contributed by atoms with van der Waals surface area (Å²) in [6, 6.07) is 13.2. The van der Waals surface area contributed by atoms with Gasteiger partial charge in [-0.25, -0.2) is 19.6 Å². The van der Waals surface area contributed by atoms with Gasteiger partial charge in [-0.3, -0.25) is 19.2 Å². The standard InChI is InChI=1S/C51H65ClN10O8/c1-29(2)42(57-49(67)69-8)46(64)61-20-10-12-40(61)44-54-27-39(55-44)34-15-13-33(14-16-34)36-25-37(52)38(24-31(36)5)56-45(63)35-17-18-41(53-26-35)60-23-22-59(28-32(60)6)48(66)51(7)19-11-21-62(51)47(65)43(30(3)4)58-50(68)70-9/h13-18,24-27,29-30,32,40,42-43H,10-12,19-23,28H2,1-9H3,(H,54,55)(H,56,63)(H,57,67)(H,58,68)/t32-,40+,42+,43+,51+/m1/s1. The first-order valence-electron chi connectivity index (χ1n) is 24.0. The number of pyridine rings is 1. The van der Waals surface area contributed by atoms with Gasteiger partial charge < -0.3 is 50.0 Å². The van der Waals surface area contributed by atoms with Gasteiger partial charge >= 0.3 is 12.2 Å². The lowest BCUT2D eigenvalue weighted by atomic mass is 9.93. The summed E-state index contributed by atoms with van der Waals surface area (Å²) in [6.07, 6.45) is 4.78. The predicted octanol–water partition coefficient (Wildman–Crippen LogP) is 7.20. The van der Waals surface area contributed by atoms with Crippen molar-refractivity contribution in [1.82, 2.24) is 40.3 Å². The van der Waals surface area contributed by atoms with Crippen LogP contribution in [0.15, 0.2) is 60.9 Å². The Morgan fingerprint density at radius 1 is 0.843 bits per heavy atom. The molecular weight excluding hydrogens is 916 g/mol. The second kappa shape index (κ2) is 21.5. The predicted molar refractivity (Wildman–Crippen MR) is 266 cm³/mol. The van der Waals surface area contributed by atoms with E-state index < -0.39 is 29.8 Å². The van der Waals surface area contributed by atoms with Crippen molar-refractivity contribution in [2.75, 3.05) is 57.2 Å². The maximum Gasteiger partial charge on any atom is 0.407 e. The van der Waals surface area contributed by atoms with Crippen LogP contribution in [0.25, 0.3) is 22.4 Å². The summed E-state index contributed by atoms with van der Waals surface area (Å²) in [5, 5.41) is 8.65. The Labute approximate surface area is 414 Å². The van der Waals surface area contributed by atoms with Crippen LogP contribution in [0.3, 0.4) is 0 Å². The van der Waals surface area contributed by atoms with E-state index in [1.165, 1.54) is 20.4 Å². The Kier molecular flexibility index (Phi) is 15.7. The number of amides is 6. The molecule has 4 aromatic rings. The fraction of sp³-hybridized carbons (Fsp3) is 0.490. The molecule has 0 spiro atoms. The van der Waals surface area contributed by atoms with E-state index in [2.05, 4.69) is 30.8 Å². The van der Waals surface area contributed by atoms with Crippen LogP contribution in [0.5, 0.6) is 0 Å². The number of carbonyl (C=O) groups is 6. The lowest BCUT2D eigenvalue weighted by Gasteiger charge is -2.45. The first-order chi connectivity index (χ1) is 33.3. The molecule has 18 nitrogen and oxygen atoms in total. The summed E-state index contributed by atoms with van der Waals surface area (Å²) in [7, 11) is 2.53. The van der Waals surface area contributed by atoms with Crippen molar-refractivity contribution < 1.29 is 38.2 Å². The van der Waals surface area contributed by atoms with Crippen molar-refractivity contribution in [3.8, 4) is 22.4 Å². The molecule has 2 aromatic heterocycles. The number of piperazine rings is 1. The van der Waals surface area contributed by atoms with Crippen LogP contribution in [0, 0.1) is 18.8 Å². The van der Waals surface area contributed by atoms with E-state index in [-0.39, 0.29) is 47.5 Å². The van der Waals surface area contributed by atoms with Crippen molar-refractivity contribution >= 4 is 58.9 Å². The average molecular weight is 982 g/mol. The van der Waals surface area contributed by atoms with Crippen molar-refractivity contribution in [1.29, 1.82) is 0 Å². The minimum Gasteiger partial charge on any atom is -0.453 e. The van der Waals surface area contributed by atoms with E-state index in [0.29, 0.717) is 73.5 Å². The SMILES string of the molecule is COC(=O)N[C@H](C(=O)N1CCC[C@H]1c1nc(-c2ccc(-c3cc(Cl)c(NC(=O)c4ccc(N5CCN(C(=O)[C@]6(C)CCCN6C(=O)[C@@H](NC(=O)OC)C(C)C)C[C@H]5C)nc4)cc3C)cc2)c[nH]1)C(C)C. The number of rotatable bonds is 13. The molecular formula is C51H65ClN10O8. The number of imidazole rings is 1. The number of nitrogens with zero attached hydrogens (tertiary/aromatic N) is 6.